The van der Waals surface area contributed by atoms with Crippen LogP contribution < -0.4 is 5.32 Å². The molecular formula is C17H15N3O3S. The molecule has 24 heavy (non-hydrogen) atoms. The lowest BCUT2D eigenvalue weighted by Gasteiger charge is -2.23. The van der Waals surface area contributed by atoms with Crippen LogP contribution in [0.2, 0.25) is 0 Å². The number of carbonyl (C=O) groups is 2. The van der Waals surface area contributed by atoms with Crippen molar-refractivity contribution < 1.29 is 14.7 Å². The molecule has 2 N–H and O–H groups in total. The third-order valence-electron chi connectivity index (χ3n) is 4.86. The van der Waals surface area contributed by atoms with Gasteiger partial charge in [-0.2, -0.15) is 0 Å². The van der Waals surface area contributed by atoms with Crippen molar-refractivity contribution in [2.45, 2.75) is 6.42 Å². The Morgan fingerprint density at radius 2 is 1.83 bits per heavy atom. The lowest BCUT2D eigenvalue weighted by atomic mass is 9.82. The predicted molar refractivity (Wildman–Crippen MR) is 89.3 cm³/mol. The average molecular weight is 341 g/mol. The molecule has 1 aromatic heterocycles. The number of aliphatic carboxylic acids is 1. The largest absolute Gasteiger partial charge is 0.481 e. The van der Waals surface area contributed by atoms with E-state index in [0.717, 1.165) is 17.7 Å². The van der Waals surface area contributed by atoms with Crippen LogP contribution in [0.3, 0.4) is 0 Å². The van der Waals surface area contributed by atoms with E-state index in [9.17, 15) is 14.7 Å². The third kappa shape index (κ3) is 2.50. The van der Waals surface area contributed by atoms with Crippen LogP contribution in [0.4, 0.5) is 5.69 Å². The minimum atomic E-state index is -0.890. The van der Waals surface area contributed by atoms with E-state index in [1.165, 1.54) is 11.5 Å². The molecule has 0 unspecified atom stereocenters. The van der Waals surface area contributed by atoms with Crippen molar-refractivity contribution in [3.63, 3.8) is 0 Å². The maximum Gasteiger partial charge on any atom is 0.307 e. The number of aromatic nitrogens is 2. The van der Waals surface area contributed by atoms with E-state index < -0.39 is 17.8 Å². The number of rotatable bonds is 4. The number of allylic oxidation sites excluding steroid dienone is 2. The van der Waals surface area contributed by atoms with Gasteiger partial charge in [-0.1, -0.05) is 28.8 Å². The summed E-state index contributed by atoms with van der Waals surface area (Å²) >= 11 is 1.28. The highest BCUT2D eigenvalue weighted by molar-refractivity contribution is 7.03. The summed E-state index contributed by atoms with van der Waals surface area (Å²) in [7, 11) is 0. The molecule has 1 aromatic carbocycles. The number of benzene rings is 1. The molecule has 0 saturated heterocycles. The van der Waals surface area contributed by atoms with Crippen molar-refractivity contribution in [1.82, 2.24) is 9.59 Å². The average Bonchev–Trinajstić information content (AvgIpc) is 3.31. The van der Waals surface area contributed by atoms with E-state index >= 15 is 0 Å². The number of nitrogens with zero attached hydrogens (tertiary/aromatic N) is 2. The van der Waals surface area contributed by atoms with Crippen LogP contribution in [-0.2, 0) is 9.59 Å². The Kier molecular flexibility index (Phi) is 3.65. The summed E-state index contributed by atoms with van der Waals surface area (Å²) in [6.07, 6.45) is 4.67. The zero-order valence-electron chi connectivity index (χ0n) is 12.6. The Morgan fingerprint density at radius 1 is 1.12 bits per heavy atom. The second kappa shape index (κ2) is 5.83. The molecule has 2 aliphatic rings. The standard InChI is InChI=1S/C17H15N3O3S/c21-16(14-10-1-2-11(7-10)15(14)17(22)23)18-12-5-3-9(4-6-12)13-8-24-20-19-13/h1-6,8,10-11,14-15H,7H2,(H,18,21)(H,22,23)/t10-,11-,14+,15-/m0/s1. The Bertz CT molecular complexity index is 801. The minimum Gasteiger partial charge on any atom is -0.481 e. The molecule has 122 valence electrons. The molecule has 1 heterocycles. The molecule has 1 saturated carbocycles. The monoisotopic (exact) mass is 341 g/mol. The number of amides is 1. The van der Waals surface area contributed by atoms with Crippen LogP contribution in [0.1, 0.15) is 6.42 Å². The first-order valence-corrected chi connectivity index (χ1v) is 8.56. The summed E-state index contributed by atoms with van der Waals surface area (Å²) in [6, 6.07) is 7.32. The van der Waals surface area contributed by atoms with Gasteiger partial charge < -0.3 is 10.4 Å². The molecule has 2 aliphatic carbocycles. The predicted octanol–water partition coefficient (Wildman–Crippen LogP) is 2.67. The Balaban J connectivity index is 1.50. The van der Waals surface area contributed by atoms with Crippen molar-refractivity contribution in [3.8, 4) is 11.3 Å². The zero-order valence-corrected chi connectivity index (χ0v) is 13.4. The zero-order chi connectivity index (χ0) is 16.7. The van der Waals surface area contributed by atoms with Gasteiger partial charge in [0.25, 0.3) is 0 Å². The van der Waals surface area contributed by atoms with Gasteiger partial charge in [0.1, 0.15) is 5.69 Å². The molecule has 2 aromatic rings. The van der Waals surface area contributed by atoms with E-state index in [1.807, 2.05) is 29.7 Å². The number of hydrogen-bond acceptors (Lipinski definition) is 5. The molecule has 7 heteroatoms. The molecule has 0 radical (unpaired) electrons. The van der Waals surface area contributed by atoms with Crippen molar-refractivity contribution >= 4 is 29.1 Å². The Labute approximate surface area is 142 Å². The van der Waals surface area contributed by atoms with Gasteiger partial charge in [-0.15, -0.1) is 5.10 Å². The number of carboxylic acid groups (broad SMARTS) is 1. The maximum atomic E-state index is 12.6. The van der Waals surface area contributed by atoms with Gasteiger partial charge in [-0.25, -0.2) is 0 Å². The summed E-state index contributed by atoms with van der Waals surface area (Å²) in [5, 5.41) is 18.2. The van der Waals surface area contributed by atoms with Gasteiger partial charge >= 0.3 is 5.97 Å². The summed E-state index contributed by atoms with van der Waals surface area (Å²) in [5.74, 6) is -2.24. The lowest BCUT2D eigenvalue weighted by molar-refractivity contribution is -0.146. The fourth-order valence-electron chi connectivity index (χ4n) is 3.76. The van der Waals surface area contributed by atoms with E-state index in [2.05, 4.69) is 14.9 Å². The van der Waals surface area contributed by atoms with E-state index in [0.29, 0.717) is 5.69 Å². The lowest BCUT2D eigenvalue weighted by Crippen LogP contribution is -2.36. The number of anilines is 1. The van der Waals surface area contributed by atoms with Crippen LogP contribution in [0.15, 0.2) is 41.8 Å². The number of carbonyl (C=O) groups excluding carboxylic acids is 1. The minimum absolute atomic E-state index is 0.0245. The molecule has 1 fully saturated rings. The summed E-state index contributed by atoms with van der Waals surface area (Å²) < 4.78 is 3.83. The molecule has 0 aliphatic heterocycles. The third-order valence-corrected chi connectivity index (χ3v) is 5.36. The van der Waals surface area contributed by atoms with Crippen molar-refractivity contribution in [1.29, 1.82) is 0 Å². The van der Waals surface area contributed by atoms with Gasteiger partial charge in [-0.3, -0.25) is 9.59 Å². The highest BCUT2D eigenvalue weighted by Crippen LogP contribution is 2.48. The van der Waals surface area contributed by atoms with Crippen LogP contribution >= 0.6 is 11.5 Å². The van der Waals surface area contributed by atoms with Crippen LogP contribution in [-0.4, -0.2) is 26.6 Å². The second-order valence-electron chi connectivity index (χ2n) is 6.19. The fraction of sp³-hybridized carbons (Fsp3) is 0.294. The van der Waals surface area contributed by atoms with Gasteiger partial charge in [0.15, 0.2) is 0 Å². The molecular weight excluding hydrogens is 326 g/mol. The molecule has 0 spiro atoms. The number of nitrogens with one attached hydrogen (secondary N) is 1. The van der Waals surface area contributed by atoms with Gasteiger partial charge in [0.05, 0.1) is 11.8 Å². The number of fused-ring (bicyclic) bond motifs is 2. The molecule has 1 amide bonds. The maximum absolute atomic E-state index is 12.6. The van der Waals surface area contributed by atoms with Crippen LogP contribution in [0.25, 0.3) is 11.3 Å². The van der Waals surface area contributed by atoms with E-state index in [1.54, 1.807) is 12.1 Å². The number of carboxylic acids is 1. The van der Waals surface area contributed by atoms with Gasteiger partial charge in [0, 0.05) is 16.6 Å². The first-order chi connectivity index (χ1) is 11.6. The van der Waals surface area contributed by atoms with Crippen LogP contribution in [0, 0.1) is 23.7 Å². The topological polar surface area (TPSA) is 92.2 Å². The summed E-state index contributed by atoms with van der Waals surface area (Å²) in [6.45, 7) is 0. The smallest absolute Gasteiger partial charge is 0.307 e. The highest BCUT2D eigenvalue weighted by Gasteiger charge is 2.51. The second-order valence-corrected chi connectivity index (χ2v) is 6.80. The van der Waals surface area contributed by atoms with Crippen molar-refractivity contribution in [3.05, 3.63) is 41.8 Å². The SMILES string of the molecule is O=C(O)[C@@H]1[C@H](C(=O)Nc2ccc(-c3csnn3)cc2)[C@H]2C=C[C@H]1C2. The van der Waals surface area contributed by atoms with Gasteiger partial charge in [-0.05, 0) is 41.9 Å². The first-order valence-electron chi connectivity index (χ1n) is 7.73. The van der Waals surface area contributed by atoms with E-state index in [4.69, 9.17) is 0 Å². The van der Waals surface area contributed by atoms with Crippen molar-refractivity contribution in [2.24, 2.45) is 23.7 Å². The van der Waals surface area contributed by atoms with Gasteiger partial charge in [0.2, 0.25) is 5.91 Å². The molecule has 2 bridgehead atoms. The molecule has 4 atom stereocenters. The summed E-state index contributed by atoms with van der Waals surface area (Å²) in [5.41, 5.74) is 2.37. The summed E-state index contributed by atoms with van der Waals surface area (Å²) in [4.78, 5) is 24.1. The van der Waals surface area contributed by atoms with Crippen LogP contribution in [0.5, 0.6) is 0 Å². The highest BCUT2D eigenvalue weighted by atomic mass is 32.1. The Morgan fingerprint density at radius 3 is 2.46 bits per heavy atom. The van der Waals surface area contributed by atoms with E-state index in [-0.39, 0.29) is 17.7 Å². The molecule has 6 nitrogen and oxygen atoms in total. The van der Waals surface area contributed by atoms with Crippen molar-refractivity contribution in [2.75, 3.05) is 5.32 Å². The fourth-order valence-corrected chi connectivity index (χ4v) is 4.22. The molecule has 4 rings (SSSR count). The Hall–Kier alpha value is -2.54. The quantitative estimate of drug-likeness (QED) is 0.834. The first kappa shape index (κ1) is 15.0. The number of hydrogen-bond donors (Lipinski definition) is 2. The normalized spacial score (nSPS) is 27.3.